The molecule has 1 unspecified atom stereocenters. The Morgan fingerprint density at radius 2 is 2.17 bits per heavy atom. The van der Waals surface area contributed by atoms with Gasteiger partial charge in [0.1, 0.15) is 11.8 Å². The molecule has 1 aromatic rings. The highest BCUT2D eigenvalue weighted by molar-refractivity contribution is 5.94. The fourth-order valence-corrected chi connectivity index (χ4v) is 1.45. The van der Waals surface area contributed by atoms with Crippen LogP contribution in [0.2, 0.25) is 0 Å². The Balaban J connectivity index is 2.71. The number of carboxylic acids is 1. The summed E-state index contributed by atoms with van der Waals surface area (Å²) < 4.78 is 4.99. The standard InChI is InChI=1S/C12H18N2O4/c1-4-5-8(12(16)17)13-11(15)9-6-10(7(2)3)18-14-9/h6-8H,4-5H2,1-3H3,(H,13,15)(H,16,17). The van der Waals surface area contributed by atoms with E-state index in [1.165, 1.54) is 6.07 Å². The van der Waals surface area contributed by atoms with E-state index in [1.54, 1.807) is 0 Å². The van der Waals surface area contributed by atoms with Gasteiger partial charge in [0, 0.05) is 12.0 Å². The summed E-state index contributed by atoms with van der Waals surface area (Å²) in [7, 11) is 0. The first-order valence-electron chi connectivity index (χ1n) is 5.96. The molecule has 0 fully saturated rings. The van der Waals surface area contributed by atoms with Crippen LogP contribution in [0, 0.1) is 0 Å². The monoisotopic (exact) mass is 254 g/mol. The highest BCUT2D eigenvalue weighted by atomic mass is 16.5. The van der Waals surface area contributed by atoms with Gasteiger partial charge in [0.2, 0.25) is 0 Å². The summed E-state index contributed by atoms with van der Waals surface area (Å²) in [5, 5.41) is 15.0. The number of carbonyl (C=O) groups excluding carboxylic acids is 1. The Hall–Kier alpha value is -1.85. The largest absolute Gasteiger partial charge is 0.480 e. The van der Waals surface area contributed by atoms with Crippen LogP contribution < -0.4 is 5.32 Å². The van der Waals surface area contributed by atoms with Gasteiger partial charge >= 0.3 is 5.97 Å². The lowest BCUT2D eigenvalue weighted by molar-refractivity contribution is -0.139. The Labute approximate surface area is 105 Å². The number of carboxylic acid groups (broad SMARTS) is 1. The van der Waals surface area contributed by atoms with Gasteiger partial charge in [0.25, 0.3) is 5.91 Å². The van der Waals surface area contributed by atoms with Crippen molar-refractivity contribution in [1.82, 2.24) is 10.5 Å². The Bertz CT molecular complexity index is 425. The Kier molecular flexibility index (Phi) is 4.88. The molecule has 1 atom stereocenters. The third-order valence-electron chi connectivity index (χ3n) is 2.51. The highest BCUT2D eigenvalue weighted by Gasteiger charge is 2.22. The topological polar surface area (TPSA) is 92.4 Å². The number of rotatable bonds is 6. The molecule has 1 rings (SSSR count). The maximum atomic E-state index is 11.8. The van der Waals surface area contributed by atoms with E-state index in [0.717, 1.165) is 0 Å². The normalized spacial score (nSPS) is 12.4. The molecule has 0 aliphatic rings. The molecule has 6 nitrogen and oxygen atoms in total. The van der Waals surface area contributed by atoms with E-state index < -0.39 is 17.9 Å². The maximum Gasteiger partial charge on any atom is 0.326 e. The minimum Gasteiger partial charge on any atom is -0.480 e. The van der Waals surface area contributed by atoms with E-state index in [1.807, 2.05) is 20.8 Å². The minimum atomic E-state index is -1.04. The number of hydrogen-bond donors (Lipinski definition) is 2. The Morgan fingerprint density at radius 3 is 2.61 bits per heavy atom. The smallest absolute Gasteiger partial charge is 0.326 e. The highest BCUT2D eigenvalue weighted by Crippen LogP contribution is 2.15. The van der Waals surface area contributed by atoms with Crippen LogP contribution in [0.1, 0.15) is 55.8 Å². The van der Waals surface area contributed by atoms with Crippen LogP contribution in [0.25, 0.3) is 0 Å². The van der Waals surface area contributed by atoms with Gasteiger partial charge in [0.15, 0.2) is 5.69 Å². The van der Waals surface area contributed by atoms with Gasteiger partial charge in [-0.2, -0.15) is 0 Å². The van der Waals surface area contributed by atoms with E-state index >= 15 is 0 Å². The van der Waals surface area contributed by atoms with Gasteiger partial charge in [-0.3, -0.25) is 4.79 Å². The second-order valence-corrected chi connectivity index (χ2v) is 4.42. The van der Waals surface area contributed by atoms with Gasteiger partial charge in [-0.15, -0.1) is 0 Å². The lowest BCUT2D eigenvalue weighted by atomic mass is 10.1. The van der Waals surface area contributed by atoms with Crippen molar-refractivity contribution in [3.8, 4) is 0 Å². The van der Waals surface area contributed by atoms with E-state index in [4.69, 9.17) is 9.63 Å². The van der Waals surface area contributed by atoms with E-state index in [9.17, 15) is 9.59 Å². The van der Waals surface area contributed by atoms with Crippen molar-refractivity contribution in [2.45, 2.75) is 45.6 Å². The van der Waals surface area contributed by atoms with Crippen molar-refractivity contribution >= 4 is 11.9 Å². The fraction of sp³-hybridized carbons (Fsp3) is 0.583. The average molecular weight is 254 g/mol. The number of nitrogens with zero attached hydrogens (tertiary/aromatic N) is 1. The molecule has 0 aromatic carbocycles. The maximum absolute atomic E-state index is 11.8. The molecule has 0 bridgehead atoms. The first-order chi connectivity index (χ1) is 8.45. The summed E-state index contributed by atoms with van der Waals surface area (Å²) in [6, 6.07) is 0.645. The second-order valence-electron chi connectivity index (χ2n) is 4.42. The number of aromatic nitrogens is 1. The summed E-state index contributed by atoms with van der Waals surface area (Å²) in [5.74, 6) is -0.836. The van der Waals surface area contributed by atoms with Crippen LogP contribution in [0.3, 0.4) is 0 Å². The van der Waals surface area contributed by atoms with Crippen molar-refractivity contribution in [2.24, 2.45) is 0 Å². The number of hydrogen-bond acceptors (Lipinski definition) is 4. The molecule has 1 amide bonds. The van der Waals surface area contributed by atoms with Crippen molar-refractivity contribution in [3.63, 3.8) is 0 Å². The van der Waals surface area contributed by atoms with Gasteiger partial charge in [-0.1, -0.05) is 32.3 Å². The third-order valence-corrected chi connectivity index (χ3v) is 2.51. The minimum absolute atomic E-state index is 0.112. The molecular weight excluding hydrogens is 236 g/mol. The van der Waals surface area contributed by atoms with Crippen LogP contribution in [-0.4, -0.2) is 28.2 Å². The van der Waals surface area contributed by atoms with Crippen LogP contribution in [0.5, 0.6) is 0 Å². The third kappa shape index (κ3) is 3.58. The summed E-state index contributed by atoms with van der Waals surface area (Å²) >= 11 is 0. The number of carbonyl (C=O) groups is 2. The summed E-state index contributed by atoms with van der Waals surface area (Å²) in [5.41, 5.74) is 0.112. The zero-order valence-corrected chi connectivity index (χ0v) is 10.8. The van der Waals surface area contributed by atoms with E-state index in [-0.39, 0.29) is 11.6 Å². The van der Waals surface area contributed by atoms with Crippen molar-refractivity contribution < 1.29 is 19.2 Å². The van der Waals surface area contributed by atoms with Crippen LogP contribution in [0.4, 0.5) is 0 Å². The Morgan fingerprint density at radius 1 is 1.50 bits per heavy atom. The molecule has 0 saturated heterocycles. The van der Waals surface area contributed by atoms with Crippen molar-refractivity contribution in [2.75, 3.05) is 0 Å². The fourth-order valence-electron chi connectivity index (χ4n) is 1.45. The molecule has 1 aromatic heterocycles. The van der Waals surface area contributed by atoms with Gasteiger partial charge in [0.05, 0.1) is 0 Å². The second kappa shape index (κ2) is 6.18. The molecule has 0 aliphatic heterocycles. The SMILES string of the molecule is CCCC(NC(=O)c1cc(C(C)C)on1)C(=O)O. The molecule has 6 heteroatoms. The predicted molar refractivity (Wildman–Crippen MR) is 64.4 cm³/mol. The van der Waals surface area contributed by atoms with E-state index in [0.29, 0.717) is 18.6 Å². The molecule has 0 radical (unpaired) electrons. The quantitative estimate of drug-likeness (QED) is 0.807. The first kappa shape index (κ1) is 14.2. The number of amides is 1. The lowest BCUT2D eigenvalue weighted by Crippen LogP contribution is -2.40. The predicted octanol–water partition coefficient (Wildman–Crippen LogP) is 1.78. The van der Waals surface area contributed by atoms with E-state index in [2.05, 4.69) is 10.5 Å². The molecule has 2 N–H and O–H groups in total. The number of aliphatic carboxylic acids is 1. The van der Waals surface area contributed by atoms with Crippen LogP contribution in [-0.2, 0) is 4.79 Å². The average Bonchev–Trinajstić information content (AvgIpc) is 2.77. The summed E-state index contributed by atoms with van der Waals surface area (Å²) in [6.07, 6.45) is 1.06. The molecule has 0 saturated carbocycles. The molecular formula is C12H18N2O4. The molecule has 100 valence electrons. The van der Waals surface area contributed by atoms with Gasteiger partial charge < -0.3 is 14.9 Å². The summed E-state index contributed by atoms with van der Waals surface area (Å²) in [6.45, 7) is 5.69. The first-order valence-corrected chi connectivity index (χ1v) is 5.96. The van der Waals surface area contributed by atoms with Gasteiger partial charge in [-0.05, 0) is 6.42 Å². The zero-order valence-electron chi connectivity index (χ0n) is 10.8. The zero-order chi connectivity index (χ0) is 13.7. The summed E-state index contributed by atoms with van der Waals surface area (Å²) in [4.78, 5) is 22.7. The van der Waals surface area contributed by atoms with Crippen molar-refractivity contribution in [1.29, 1.82) is 0 Å². The van der Waals surface area contributed by atoms with Crippen LogP contribution in [0.15, 0.2) is 10.6 Å². The molecule has 0 spiro atoms. The lowest BCUT2D eigenvalue weighted by Gasteiger charge is -2.11. The molecule has 18 heavy (non-hydrogen) atoms. The molecule has 1 heterocycles. The van der Waals surface area contributed by atoms with Crippen LogP contribution >= 0.6 is 0 Å². The van der Waals surface area contributed by atoms with Crippen molar-refractivity contribution in [3.05, 3.63) is 17.5 Å². The number of nitrogens with one attached hydrogen (secondary N) is 1. The van der Waals surface area contributed by atoms with Gasteiger partial charge in [-0.25, -0.2) is 4.79 Å². The molecule has 0 aliphatic carbocycles.